The van der Waals surface area contributed by atoms with Crippen LogP contribution < -0.4 is 10.6 Å². The lowest BCUT2D eigenvalue weighted by molar-refractivity contribution is -0.383. The Morgan fingerprint density at radius 2 is 1.95 bits per heavy atom. The second kappa shape index (κ2) is 5.07. The van der Waals surface area contributed by atoms with Gasteiger partial charge in [-0.2, -0.15) is 0 Å². The largest absolute Gasteiger partial charge is 0.380 e. The first-order valence-electron chi connectivity index (χ1n) is 6.71. The van der Waals surface area contributed by atoms with Gasteiger partial charge in [-0.1, -0.05) is 19.9 Å². The fraction of sp³-hybridized carbons (Fsp3) is 0.571. The van der Waals surface area contributed by atoms with Gasteiger partial charge < -0.3 is 10.6 Å². The molecule has 0 spiro atoms. The molecule has 5 heteroatoms. The number of nitro benzene ring substituents is 1. The number of hydrogen-bond donors (Lipinski definition) is 2. The average Bonchev–Trinajstić information content (AvgIpc) is 2.94. The Morgan fingerprint density at radius 1 is 1.37 bits per heavy atom. The molecule has 1 fully saturated rings. The molecule has 0 amide bonds. The first-order valence-corrected chi connectivity index (χ1v) is 6.71. The van der Waals surface area contributed by atoms with Crippen molar-refractivity contribution in [1.82, 2.24) is 0 Å². The van der Waals surface area contributed by atoms with E-state index in [0.29, 0.717) is 29.3 Å². The fourth-order valence-corrected chi connectivity index (χ4v) is 2.37. The number of nitrogens with zero attached hydrogens (tertiary/aromatic N) is 1. The smallest absolute Gasteiger partial charge is 0.315 e. The molecule has 0 bridgehead atoms. The third-order valence-electron chi connectivity index (χ3n) is 3.84. The van der Waals surface area contributed by atoms with E-state index in [9.17, 15) is 10.1 Å². The topological polar surface area (TPSA) is 67.2 Å². The van der Waals surface area contributed by atoms with Gasteiger partial charge in [0, 0.05) is 13.1 Å². The highest BCUT2D eigenvalue weighted by Crippen LogP contribution is 2.51. The summed E-state index contributed by atoms with van der Waals surface area (Å²) in [7, 11) is 0. The minimum atomic E-state index is -0.321. The predicted octanol–water partition coefficient (Wildman–Crippen LogP) is 3.48. The number of anilines is 2. The fourth-order valence-electron chi connectivity index (χ4n) is 2.37. The molecule has 1 aliphatic rings. The predicted molar refractivity (Wildman–Crippen MR) is 77.6 cm³/mol. The van der Waals surface area contributed by atoms with Crippen LogP contribution in [-0.4, -0.2) is 18.0 Å². The van der Waals surface area contributed by atoms with Crippen molar-refractivity contribution in [2.45, 2.75) is 27.2 Å². The molecule has 19 heavy (non-hydrogen) atoms. The molecule has 0 radical (unpaired) electrons. The second-order valence-electron chi connectivity index (χ2n) is 5.76. The summed E-state index contributed by atoms with van der Waals surface area (Å²) in [6.07, 6.45) is 1.18. The molecular weight excluding hydrogens is 242 g/mol. The Morgan fingerprint density at radius 3 is 2.42 bits per heavy atom. The van der Waals surface area contributed by atoms with Crippen molar-refractivity contribution >= 4 is 17.1 Å². The van der Waals surface area contributed by atoms with Crippen LogP contribution in [0.15, 0.2) is 18.2 Å². The standard InChI is InChI=1S/C14H21N3O2/c1-4-15-11-6-5-7-12(13(11)17(18)19)16-9-10-8-14(10,2)3/h5-7,10,15-16H,4,8-9H2,1-3H3. The summed E-state index contributed by atoms with van der Waals surface area (Å²) in [5.74, 6) is 0.606. The lowest BCUT2D eigenvalue weighted by atomic mass is 10.1. The molecule has 1 unspecified atom stereocenters. The first-order chi connectivity index (χ1) is 8.95. The zero-order valence-electron chi connectivity index (χ0n) is 11.7. The van der Waals surface area contributed by atoms with Crippen LogP contribution in [0.3, 0.4) is 0 Å². The second-order valence-corrected chi connectivity index (χ2v) is 5.76. The van der Waals surface area contributed by atoms with Gasteiger partial charge in [0.1, 0.15) is 11.4 Å². The Kier molecular flexibility index (Phi) is 3.64. The average molecular weight is 263 g/mol. The highest BCUT2D eigenvalue weighted by Gasteiger charge is 2.45. The molecule has 2 N–H and O–H groups in total. The van der Waals surface area contributed by atoms with Crippen LogP contribution in [0.2, 0.25) is 0 Å². The molecule has 1 aromatic carbocycles. The van der Waals surface area contributed by atoms with Gasteiger partial charge in [-0.25, -0.2) is 0 Å². The number of benzene rings is 1. The molecule has 0 saturated heterocycles. The maximum absolute atomic E-state index is 11.2. The van der Waals surface area contributed by atoms with Crippen LogP contribution in [0, 0.1) is 21.4 Å². The van der Waals surface area contributed by atoms with Crippen molar-refractivity contribution in [3.8, 4) is 0 Å². The number of nitrogens with one attached hydrogen (secondary N) is 2. The third-order valence-corrected chi connectivity index (χ3v) is 3.84. The molecule has 2 rings (SSSR count). The molecule has 1 atom stereocenters. The lowest BCUT2D eigenvalue weighted by Crippen LogP contribution is -2.10. The highest BCUT2D eigenvalue weighted by atomic mass is 16.6. The number of rotatable bonds is 6. The minimum Gasteiger partial charge on any atom is -0.380 e. The normalized spacial score (nSPS) is 19.8. The van der Waals surface area contributed by atoms with Crippen molar-refractivity contribution in [2.75, 3.05) is 23.7 Å². The van der Waals surface area contributed by atoms with Gasteiger partial charge in [0.2, 0.25) is 0 Å². The molecule has 1 aromatic rings. The maximum Gasteiger partial charge on any atom is 0.315 e. The van der Waals surface area contributed by atoms with E-state index in [1.807, 2.05) is 13.0 Å². The van der Waals surface area contributed by atoms with Gasteiger partial charge in [0.25, 0.3) is 0 Å². The summed E-state index contributed by atoms with van der Waals surface area (Å²) in [5.41, 5.74) is 1.70. The van der Waals surface area contributed by atoms with Crippen LogP contribution in [0.1, 0.15) is 27.2 Å². The molecule has 1 aliphatic carbocycles. The van der Waals surface area contributed by atoms with Crippen LogP contribution in [0.5, 0.6) is 0 Å². The molecule has 5 nitrogen and oxygen atoms in total. The van der Waals surface area contributed by atoms with Gasteiger partial charge >= 0.3 is 5.69 Å². The van der Waals surface area contributed by atoms with Crippen LogP contribution >= 0.6 is 0 Å². The monoisotopic (exact) mass is 263 g/mol. The van der Waals surface area contributed by atoms with Crippen LogP contribution in [0.4, 0.5) is 17.1 Å². The number of para-hydroxylation sites is 1. The van der Waals surface area contributed by atoms with E-state index in [2.05, 4.69) is 24.5 Å². The summed E-state index contributed by atoms with van der Waals surface area (Å²) < 4.78 is 0. The van der Waals surface area contributed by atoms with E-state index in [1.54, 1.807) is 12.1 Å². The van der Waals surface area contributed by atoms with E-state index in [1.165, 1.54) is 6.42 Å². The lowest BCUT2D eigenvalue weighted by Gasteiger charge is -2.11. The van der Waals surface area contributed by atoms with E-state index in [-0.39, 0.29) is 10.6 Å². The summed E-state index contributed by atoms with van der Waals surface area (Å²) in [6, 6.07) is 5.35. The Balaban J connectivity index is 2.14. The van der Waals surface area contributed by atoms with Gasteiger partial charge in [0.15, 0.2) is 0 Å². The molecular formula is C14H21N3O2. The van der Waals surface area contributed by atoms with Crippen LogP contribution in [0.25, 0.3) is 0 Å². The zero-order valence-corrected chi connectivity index (χ0v) is 11.7. The van der Waals surface area contributed by atoms with E-state index in [4.69, 9.17) is 0 Å². The minimum absolute atomic E-state index is 0.141. The number of hydrogen-bond acceptors (Lipinski definition) is 4. The van der Waals surface area contributed by atoms with Crippen molar-refractivity contribution in [2.24, 2.45) is 11.3 Å². The molecule has 0 heterocycles. The van der Waals surface area contributed by atoms with E-state index < -0.39 is 0 Å². The summed E-state index contributed by atoms with van der Waals surface area (Å²) >= 11 is 0. The third kappa shape index (κ3) is 2.97. The SMILES string of the molecule is CCNc1cccc(NCC2CC2(C)C)c1[N+](=O)[O-]. The van der Waals surface area contributed by atoms with Gasteiger partial charge in [-0.05, 0) is 36.8 Å². The van der Waals surface area contributed by atoms with E-state index in [0.717, 1.165) is 6.54 Å². The Hall–Kier alpha value is -1.78. The van der Waals surface area contributed by atoms with Crippen molar-refractivity contribution in [3.63, 3.8) is 0 Å². The summed E-state index contributed by atoms with van der Waals surface area (Å²) in [4.78, 5) is 10.9. The Bertz CT molecular complexity index is 486. The van der Waals surface area contributed by atoms with Crippen molar-refractivity contribution in [1.29, 1.82) is 0 Å². The van der Waals surface area contributed by atoms with Crippen molar-refractivity contribution in [3.05, 3.63) is 28.3 Å². The summed E-state index contributed by atoms with van der Waals surface area (Å²) in [6.45, 7) is 7.84. The summed E-state index contributed by atoms with van der Waals surface area (Å²) in [5, 5.41) is 17.5. The maximum atomic E-state index is 11.2. The molecule has 0 aliphatic heterocycles. The quantitative estimate of drug-likeness (QED) is 0.609. The van der Waals surface area contributed by atoms with E-state index >= 15 is 0 Å². The van der Waals surface area contributed by atoms with Gasteiger partial charge in [-0.15, -0.1) is 0 Å². The van der Waals surface area contributed by atoms with Crippen molar-refractivity contribution < 1.29 is 4.92 Å². The Labute approximate surface area is 113 Å². The van der Waals surface area contributed by atoms with Crippen LogP contribution in [-0.2, 0) is 0 Å². The first kappa shape index (κ1) is 13.6. The molecule has 0 aromatic heterocycles. The number of nitro groups is 1. The van der Waals surface area contributed by atoms with Gasteiger partial charge in [0.05, 0.1) is 4.92 Å². The molecule has 104 valence electrons. The van der Waals surface area contributed by atoms with Gasteiger partial charge in [-0.3, -0.25) is 10.1 Å². The zero-order chi connectivity index (χ0) is 14.0. The highest BCUT2D eigenvalue weighted by molar-refractivity contribution is 5.76. The molecule has 1 saturated carbocycles.